The van der Waals surface area contributed by atoms with Gasteiger partial charge in [-0.2, -0.15) is 0 Å². The quantitative estimate of drug-likeness (QED) is 0.773. The molecule has 4 nitrogen and oxygen atoms in total. The highest BCUT2D eigenvalue weighted by atomic mass is 16.5. The average molecular weight is 271 g/mol. The molecule has 1 aliphatic rings. The number of carboxylic acid groups (broad SMARTS) is 1. The largest absolute Gasteiger partial charge is 0.480 e. The first-order chi connectivity index (χ1) is 8.79. The Morgan fingerprint density at radius 1 is 1.53 bits per heavy atom. The second kappa shape index (κ2) is 6.23. The van der Waals surface area contributed by atoms with Crippen molar-refractivity contribution in [3.8, 4) is 0 Å². The third-order valence-corrected chi connectivity index (χ3v) is 4.47. The van der Waals surface area contributed by atoms with Gasteiger partial charge in [-0.25, -0.2) is 0 Å². The average Bonchev–Trinajstić information content (AvgIpc) is 2.74. The van der Waals surface area contributed by atoms with E-state index in [-0.39, 0.29) is 11.6 Å². The van der Waals surface area contributed by atoms with Crippen LogP contribution in [0.1, 0.15) is 59.8 Å². The Balaban J connectivity index is 2.87. The molecule has 1 fully saturated rings. The van der Waals surface area contributed by atoms with Crippen LogP contribution in [0.15, 0.2) is 0 Å². The maximum Gasteiger partial charge on any atom is 0.324 e. The summed E-state index contributed by atoms with van der Waals surface area (Å²) in [4.78, 5) is 14.0. The van der Waals surface area contributed by atoms with Crippen LogP contribution < -0.4 is 0 Å². The third kappa shape index (κ3) is 3.48. The molecule has 2 unspecified atom stereocenters. The minimum Gasteiger partial charge on any atom is -0.480 e. The molecule has 1 heterocycles. The molecule has 0 spiro atoms. The minimum absolute atomic E-state index is 0.210. The molecule has 0 radical (unpaired) electrons. The Bertz CT molecular complexity index is 317. The van der Waals surface area contributed by atoms with Crippen molar-refractivity contribution in [3.05, 3.63) is 0 Å². The van der Waals surface area contributed by atoms with Gasteiger partial charge in [0.05, 0.1) is 5.60 Å². The van der Waals surface area contributed by atoms with Crippen LogP contribution in [0.2, 0.25) is 0 Å². The van der Waals surface area contributed by atoms with Crippen molar-refractivity contribution in [2.45, 2.75) is 77.0 Å². The molecule has 0 aromatic heterocycles. The van der Waals surface area contributed by atoms with Crippen molar-refractivity contribution in [1.29, 1.82) is 0 Å². The van der Waals surface area contributed by atoms with Crippen LogP contribution in [0, 0.1) is 0 Å². The van der Waals surface area contributed by atoms with Gasteiger partial charge in [-0.05, 0) is 53.0 Å². The molecule has 0 aliphatic carbocycles. The molecule has 0 saturated carbocycles. The molecular weight excluding hydrogens is 242 g/mol. The molecule has 112 valence electrons. The third-order valence-electron chi connectivity index (χ3n) is 4.47. The first-order valence-corrected chi connectivity index (χ1v) is 7.34. The summed E-state index contributed by atoms with van der Waals surface area (Å²) in [6.07, 6.45) is 4.24. The fourth-order valence-corrected chi connectivity index (χ4v) is 3.47. The van der Waals surface area contributed by atoms with E-state index in [1.165, 1.54) is 0 Å². The number of rotatable bonds is 7. The smallest absolute Gasteiger partial charge is 0.324 e. The zero-order valence-electron chi connectivity index (χ0n) is 13.0. The zero-order valence-corrected chi connectivity index (χ0v) is 13.0. The number of likely N-dealkylation sites (tertiary alicyclic amines) is 1. The Kier molecular flexibility index (Phi) is 5.39. The maximum atomic E-state index is 11.8. The highest BCUT2D eigenvalue weighted by molar-refractivity contribution is 5.79. The molecule has 1 saturated heterocycles. The van der Waals surface area contributed by atoms with Gasteiger partial charge in [-0.3, -0.25) is 9.69 Å². The van der Waals surface area contributed by atoms with Crippen molar-refractivity contribution in [1.82, 2.24) is 4.90 Å². The fraction of sp³-hybridized carbons (Fsp3) is 0.933. The van der Waals surface area contributed by atoms with Gasteiger partial charge in [0, 0.05) is 13.2 Å². The molecule has 1 aliphatic heterocycles. The monoisotopic (exact) mass is 271 g/mol. The number of carboxylic acids is 1. The van der Waals surface area contributed by atoms with Crippen LogP contribution in [0.4, 0.5) is 0 Å². The second-order valence-corrected chi connectivity index (χ2v) is 6.40. The van der Waals surface area contributed by atoms with Gasteiger partial charge in [-0.15, -0.1) is 0 Å². The molecule has 1 rings (SSSR count). The Hall–Kier alpha value is -0.610. The summed E-state index contributed by atoms with van der Waals surface area (Å²) < 4.78 is 5.48. The lowest BCUT2D eigenvalue weighted by atomic mass is 9.88. The Morgan fingerprint density at radius 3 is 2.63 bits per heavy atom. The predicted octanol–water partition coefficient (Wildman–Crippen LogP) is 2.91. The minimum atomic E-state index is -0.658. The highest BCUT2D eigenvalue weighted by Gasteiger charge is 2.49. The predicted molar refractivity (Wildman–Crippen MR) is 76.4 cm³/mol. The fourth-order valence-electron chi connectivity index (χ4n) is 3.47. The number of ether oxygens (including phenoxy) is 1. The summed E-state index contributed by atoms with van der Waals surface area (Å²) in [5.41, 5.74) is -0.865. The number of methoxy groups -OCH3 is 1. The summed E-state index contributed by atoms with van der Waals surface area (Å²) >= 11 is 0. The summed E-state index contributed by atoms with van der Waals surface area (Å²) in [7, 11) is 1.72. The van der Waals surface area contributed by atoms with Gasteiger partial charge in [0.2, 0.25) is 0 Å². The van der Waals surface area contributed by atoms with Crippen LogP contribution >= 0.6 is 0 Å². The van der Waals surface area contributed by atoms with Gasteiger partial charge >= 0.3 is 5.97 Å². The number of hydrogen-bond acceptors (Lipinski definition) is 3. The summed E-state index contributed by atoms with van der Waals surface area (Å²) in [5, 5.41) is 9.70. The van der Waals surface area contributed by atoms with Crippen molar-refractivity contribution in [2.24, 2.45) is 0 Å². The van der Waals surface area contributed by atoms with E-state index in [4.69, 9.17) is 4.74 Å². The van der Waals surface area contributed by atoms with Gasteiger partial charge in [-0.1, -0.05) is 13.3 Å². The summed E-state index contributed by atoms with van der Waals surface area (Å²) in [6, 6.07) is 0.222. The first kappa shape index (κ1) is 16.4. The highest BCUT2D eigenvalue weighted by Crippen LogP contribution is 2.37. The SMILES string of the molecule is CCCC1(C(=O)O)CCCN1C(C)CC(C)(C)OC. The van der Waals surface area contributed by atoms with E-state index in [9.17, 15) is 9.90 Å². The molecule has 2 atom stereocenters. The van der Waals surface area contributed by atoms with Crippen molar-refractivity contribution >= 4 is 5.97 Å². The molecular formula is C15H29NO3. The lowest BCUT2D eigenvalue weighted by Crippen LogP contribution is -2.55. The molecule has 0 aromatic rings. The van der Waals surface area contributed by atoms with E-state index < -0.39 is 11.5 Å². The lowest BCUT2D eigenvalue weighted by molar-refractivity contribution is -0.152. The van der Waals surface area contributed by atoms with E-state index in [2.05, 4.69) is 32.6 Å². The van der Waals surface area contributed by atoms with Crippen LogP contribution in [0.5, 0.6) is 0 Å². The van der Waals surface area contributed by atoms with Gasteiger partial charge in [0.25, 0.3) is 0 Å². The van der Waals surface area contributed by atoms with Gasteiger partial charge in [0.15, 0.2) is 0 Å². The summed E-state index contributed by atoms with van der Waals surface area (Å²) in [6.45, 7) is 9.18. The molecule has 0 bridgehead atoms. The number of aliphatic carboxylic acids is 1. The van der Waals surface area contributed by atoms with Crippen LogP contribution in [-0.4, -0.2) is 46.8 Å². The standard InChI is InChI=1S/C15H29NO3/c1-6-8-15(13(17)18)9-7-10-16(15)12(2)11-14(3,4)19-5/h12H,6-11H2,1-5H3,(H,17,18). The Labute approximate surface area is 117 Å². The van der Waals surface area contributed by atoms with E-state index in [1.807, 2.05) is 0 Å². The molecule has 19 heavy (non-hydrogen) atoms. The second-order valence-electron chi connectivity index (χ2n) is 6.40. The maximum absolute atomic E-state index is 11.8. The van der Waals surface area contributed by atoms with Crippen LogP contribution in [0.3, 0.4) is 0 Å². The molecule has 0 amide bonds. The normalized spacial score (nSPS) is 26.6. The lowest BCUT2D eigenvalue weighted by Gasteiger charge is -2.41. The van der Waals surface area contributed by atoms with Crippen molar-refractivity contribution < 1.29 is 14.6 Å². The van der Waals surface area contributed by atoms with E-state index >= 15 is 0 Å². The Morgan fingerprint density at radius 2 is 2.16 bits per heavy atom. The zero-order chi connectivity index (χ0) is 14.7. The first-order valence-electron chi connectivity index (χ1n) is 7.34. The number of hydrogen-bond donors (Lipinski definition) is 1. The van der Waals surface area contributed by atoms with E-state index in [0.717, 1.165) is 38.6 Å². The topological polar surface area (TPSA) is 49.8 Å². The van der Waals surface area contributed by atoms with Crippen LogP contribution in [-0.2, 0) is 9.53 Å². The van der Waals surface area contributed by atoms with Gasteiger partial charge < -0.3 is 9.84 Å². The number of nitrogens with zero attached hydrogens (tertiary/aromatic N) is 1. The number of carbonyl (C=O) groups is 1. The van der Waals surface area contributed by atoms with Gasteiger partial charge in [0.1, 0.15) is 5.54 Å². The molecule has 4 heteroatoms. The van der Waals surface area contributed by atoms with E-state index in [0.29, 0.717) is 0 Å². The van der Waals surface area contributed by atoms with Crippen LogP contribution in [0.25, 0.3) is 0 Å². The van der Waals surface area contributed by atoms with E-state index in [1.54, 1.807) is 7.11 Å². The van der Waals surface area contributed by atoms with Crippen molar-refractivity contribution in [3.63, 3.8) is 0 Å². The molecule has 1 N–H and O–H groups in total. The molecule has 0 aromatic carbocycles. The van der Waals surface area contributed by atoms with Crippen molar-refractivity contribution in [2.75, 3.05) is 13.7 Å². The summed E-state index contributed by atoms with van der Waals surface area (Å²) in [5.74, 6) is -0.658.